The molecule has 1 saturated carbocycles. The van der Waals surface area contributed by atoms with Gasteiger partial charge < -0.3 is 9.88 Å². The highest BCUT2D eigenvalue weighted by Crippen LogP contribution is 2.32. The molecule has 4 rings (SSSR count). The molecule has 0 unspecified atom stereocenters. The molecule has 1 amide bonds. The molecule has 1 aliphatic rings. The number of nitrogens with zero attached hydrogens (tertiary/aromatic N) is 2. The SMILES string of the molecule is CN(C(=O)c1cc(-n2c(=O)[nH]c3cccc(C=O)c3c2=O)c(Cl)s1)C1CCCCC1. The Kier molecular flexibility index (Phi) is 5.62. The monoisotopic (exact) mass is 445 g/mol. The molecule has 0 spiro atoms. The van der Waals surface area contributed by atoms with E-state index in [-0.39, 0.29) is 38.4 Å². The van der Waals surface area contributed by atoms with E-state index in [2.05, 4.69) is 4.98 Å². The van der Waals surface area contributed by atoms with Crippen LogP contribution < -0.4 is 11.2 Å². The van der Waals surface area contributed by atoms with Crippen LogP contribution in [0.25, 0.3) is 16.6 Å². The van der Waals surface area contributed by atoms with Gasteiger partial charge in [0, 0.05) is 18.7 Å². The van der Waals surface area contributed by atoms with Crippen LogP contribution in [0.3, 0.4) is 0 Å². The number of aromatic nitrogens is 2. The zero-order chi connectivity index (χ0) is 21.4. The van der Waals surface area contributed by atoms with Gasteiger partial charge in [-0.05, 0) is 25.0 Å². The lowest BCUT2D eigenvalue weighted by molar-refractivity contribution is 0.0701. The number of carbonyl (C=O) groups excluding carboxylic acids is 2. The molecule has 1 aliphatic carbocycles. The summed E-state index contributed by atoms with van der Waals surface area (Å²) in [4.78, 5) is 54.8. The molecule has 0 bridgehead atoms. The van der Waals surface area contributed by atoms with Crippen LogP contribution in [-0.4, -0.2) is 39.7 Å². The van der Waals surface area contributed by atoms with E-state index in [0.717, 1.165) is 41.6 Å². The van der Waals surface area contributed by atoms with Crippen LogP contribution in [0.4, 0.5) is 0 Å². The summed E-state index contributed by atoms with van der Waals surface area (Å²) in [5.74, 6) is -0.182. The molecule has 1 N–H and O–H groups in total. The second-order valence-electron chi connectivity index (χ2n) is 7.44. The van der Waals surface area contributed by atoms with Gasteiger partial charge in [0.05, 0.1) is 21.5 Å². The van der Waals surface area contributed by atoms with E-state index in [4.69, 9.17) is 11.6 Å². The van der Waals surface area contributed by atoms with Crippen LogP contribution in [0.5, 0.6) is 0 Å². The average Bonchev–Trinajstić information content (AvgIpc) is 3.13. The van der Waals surface area contributed by atoms with Crippen molar-refractivity contribution >= 4 is 46.0 Å². The number of H-pyrrole nitrogens is 1. The van der Waals surface area contributed by atoms with E-state index in [1.807, 2.05) is 0 Å². The predicted molar refractivity (Wildman–Crippen MR) is 117 cm³/mol. The minimum absolute atomic E-state index is 0.0987. The Balaban J connectivity index is 1.79. The molecular formula is C21H20ClN3O4S. The number of thiophene rings is 1. The number of fused-ring (bicyclic) bond motifs is 1. The number of aldehydes is 1. The third-order valence-corrected chi connectivity index (χ3v) is 6.97. The zero-order valence-electron chi connectivity index (χ0n) is 16.3. The highest BCUT2D eigenvalue weighted by molar-refractivity contribution is 7.18. The molecule has 2 aromatic heterocycles. The summed E-state index contributed by atoms with van der Waals surface area (Å²) in [5.41, 5.74) is -0.769. The largest absolute Gasteiger partial charge is 0.338 e. The molecule has 1 fully saturated rings. The summed E-state index contributed by atoms with van der Waals surface area (Å²) in [7, 11) is 1.77. The molecule has 0 aliphatic heterocycles. The normalized spacial score (nSPS) is 14.7. The number of rotatable bonds is 4. The number of carbonyl (C=O) groups is 2. The Bertz CT molecular complexity index is 1250. The highest BCUT2D eigenvalue weighted by atomic mass is 35.5. The third kappa shape index (κ3) is 3.50. The summed E-state index contributed by atoms with van der Waals surface area (Å²) < 4.78 is 1.04. The minimum Gasteiger partial charge on any atom is -0.338 e. The van der Waals surface area contributed by atoms with Crippen molar-refractivity contribution in [3.05, 3.63) is 59.9 Å². The number of hydrogen-bond donors (Lipinski definition) is 1. The lowest BCUT2D eigenvalue weighted by Crippen LogP contribution is -2.38. The molecule has 156 valence electrons. The summed E-state index contributed by atoms with van der Waals surface area (Å²) >= 11 is 7.38. The Morgan fingerprint density at radius 1 is 1.27 bits per heavy atom. The van der Waals surface area contributed by atoms with Crippen LogP contribution in [0.2, 0.25) is 4.34 Å². The second-order valence-corrected chi connectivity index (χ2v) is 9.09. The van der Waals surface area contributed by atoms with E-state index < -0.39 is 11.2 Å². The number of halogens is 1. The first-order valence-electron chi connectivity index (χ1n) is 9.72. The quantitative estimate of drug-likeness (QED) is 0.621. The van der Waals surface area contributed by atoms with Gasteiger partial charge in [-0.3, -0.25) is 14.4 Å². The maximum absolute atomic E-state index is 13.1. The second kappa shape index (κ2) is 8.20. The van der Waals surface area contributed by atoms with E-state index in [9.17, 15) is 19.2 Å². The number of nitrogens with one attached hydrogen (secondary N) is 1. The molecule has 30 heavy (non-hydrogen) atoms. The van der Waals surface area contributed by atoms with Crippen LogP contribution in [0.1, 0.15) is 52.1 Å². The fraction of sp³-hybridized carbons (Fsp3) is 0.333. The van der Waals surface area contributed by atoms with Gasteiger partial charge in [0.1, 0.15) is 4.34 Å². The number of amides is 1. The van der Waals surface area contributed by atoms with Crippen LogP contribution in [0.15, 0.2) is 33.9 Å². The fourth-order valence-corrected chi connectivity index (χ4v) is 5.27. The first kappa shape index (κ1) is 20.6. The smallest absolute Gasteiger partial charge is 0.333 e. The maximum Gasteiger partial charge on any atom is 0.333 e. The van der Waals surface area contributed by atoms with Gasteiger partial charge >= 0.3 is 5.69 Å². The van der Waals surface area contributed by atoms with E-state index >= 15 is 0 Å². The number of hydrogen-bond acceptors (Lipinski definition) is 5. The maximum atomic E-state index is 13.1. The van der Waals surface area contributed by atoms with Crippen molar-refractivity contribution in [2.24, 2.45) is 0 Å². The summed E-state index contributed by atoms with van der Waals surface area (Å²) in [6, 6.07) is 6.29. The molecule has 3 aromatic rings. The van der Waals surface area contributed by atoms with E-state index in [1.54, 1.807) is 24.1 Å². The standard InChI is InChI=1S/C21H20ClN3O4S/c1-24(13-7-3-2-4-8-13)19(27)16-10-15(18(22)30-16)25-20(28)17-12(11-26)6-5-9-14(17)23-21(25)29/h5-6,9-11,13H,2-4,7-8H2,1H3,(H,23,29). The molecule has 2 heterocycles. The van der Waals surface area contributed by atoms with Crippen LogP contribution in [-0.2, 0) is 0 Å². The van der Waals surface area contributed by atoms with Gasteiger partial charge in [-0.2, -0.15) is 0 Å². The van der Waals surface area contributed by atoms with Crippen molar-refractivity contribution in [1.82, 2.24) is 14.5 Å². The summed E-state index contributed by atoms with van der Waals surface area (Å²) in [6.07, 6.45) is 5.87. The topological polar surface area (TPSA) is 92.2 Å². The van der Waals surface area contributed by atoms with Gasteiger partial charge in [-0.15, -0.1) is 11.3 Å². The molecule has 0 saturated heterocycles. The minimum atomic E-state index is -0.685. The van der Waals surface area contributed by atoms with Crippen LogP contribution >= 0.6 is 22.9 Å². The Morgan fingerprint density at radius 3 is 2.70 bits per heavy atom. The van der Waals surface area contributed by atoms with Crippen molar-refractivity contribution in [2.75, 3.05) is 7.05 Å². The fourth-order valence-electron chi connectivity index (χ4n) is 4.03. The van der Waals surface area contributed by atoms with Crippen molar-refractivity contribution < 1.29 is 9.59 Å². The lowest BCUT2D eigenvalue weighted by Gasteiger charge is -2.30. The van der Waals surface area contributed by atoms with Gasteiger partial charge in [0.2, 0.25) is 0 Å². The van der Waals surface area contributed by atoms with Crippen molar-refractivity contribution in [2.45, 2.75) is 38.1 Å². The summed E-state index contributed by atoms with van der Waals surface area (Å²) in [6.45, 7) is 0. The number of aromatic amines is 1. The van der Waals surface area contributed by atoms with E-state index in [1.165, 1.54) is 18.6 Å². The first-order valence-corrected chi connectivity index (χ1v) is 10.9. The molecular weight excluding hydrogens is 426 g/mol. The molecule has 9 heteroatoms. The molecule has 0 atom stereocenters. The van der Waals surface area contributed by atoms with Crippen molar-refractivity contribution in [3.63, 3.8) is 0 Å². The van der Waals surface area contributed by atoms with Crippen molar-refractivity contribution in [3.8, 4) is 5.69 Å². The van der Waals surface area contributed by atoms with Gasteiger partial charge in [-0.1, -0.05) is 43.0 Å². The third-order valence-electron chi connectivity index (χ3n) is 5.65. The average molecular weight is 446 g/mol. The Hall–Kier alpha value is -2.71. The van der Waals surface area contributed by atoms with Gasteiger partial charge in [-0.25, -0.2) is 9.36 Å². The van der Waals surface area contributed by atoms with Crippen LogP contribution in [0, 0.1) is 0 Å². The van der Waals surface area contributed by atoms with Gasteiger partial charge in [0.15, 0.2) is 6.29 Å². The Labute approximate surface area is 180 Å². The summed E-state index contributed by atoms with van der Waals surface area (Å²) in [5, 5.41) is 0.0987. The van der Waals surface area contributed by atoms with Crippen molar-refractivity contribution in [1.29, 1.82) is 0 Å². The lowest BCUT2D eigenvalue weighted by atomic mass is 9.94. The number of benzene rings is 1. The first-order chi connectivity index (χ1) is 14.4. The zero-order valence-corrected chi connectivity index (χ0v) is 17.9. The molecule has 1 aromatic carbocycles. The predicted octanol–water partition coefficient (Wildman–Crippen LogP) is 3.61. The van der Waals surface area contributed by atoms with Gasteiger partial charge in [0.25, 0.3) is 11.5 Å². The van der Waals surface area contributed by atoms with E-state index in [0.29, 0.717) is 11.2 Å². The Morgan fingerprint density at radius 2 is 2.00 bits per heavy atom. The molecule has 7 nitrogen and oxygen atoms in total. The highest BCUT2D eigenvalue weighted by Gasteiger charge is 2.26. The molecule has 0 radical (unpaired) electrons.